The molecule has 2 atom stereocenters. The zero-order chi connectivity index (χ0) is 22.9. The number of carboxylic acid groups (broad SMARTS) is 1. The summed E-state index contributed by atoms with van der Waals surface area (Å²) < 4.78 is 5.74. The molecule has 0 aliphatic heterocycles. The van der Waals surface area contributed by atoms with Crippen LogP contribution in [0.5, 0.6) is 0 Å². The van der Waals surface area contributed by atoms with Crippen molar-refractivity contribution in [1.29, 1.82) is 0 Å². The average Bonchev–Trinajstić information content (AvgIpc) is 3.31. The number of hydrogen-bond donors (Lipinski definition) is 2. The Labute approximate surface area is 196 Å². The Bertz CT molecular complexity index is 1040. The molecule has 1 heterocycles. The molecule has 32 heavy (non-hydrogen) atoms. The number of ether oxygens (including phenoxy) is 1. The number of carbonyl (C=O) groups excluding carboxylic acids is 1. The fourth-order valence-electron chi connectivity index (χ4n) is 3.35. The van der Waals surface area contributed by atoms with Crippen LogP contribution in [-0.2, 0) is 16.1 Å². The van der Waals surface area contributed by atoms with E-state index < -0.39 is 17.9 Å². The van der Waals surface area contributed by atoms with Gasteiger partial charge in [-0.3, -0.25) is 9.78 Å². The number of carbonyl (C=O) groups is 2. The van der Waals surface area contributed by atoms with Crippen LogP contribution in [0.25, 0.3) is 11.1 Å². The van der Waals surface area contributed by atoms with Gasteiger partial charge in [0.05, 0.1) is 23.6 Å². The SMILES string of the molecule is CSC(COCc1cncs1)CC(NC(=O)c1ccccc1-c1ccccc1C)C(=O)O. The molecule has 0 aliphatic rings. The van der Waals surface area contributed by atoms with Gasteiger partial charge in [0.1, 0.15) is 6.04 Å². The van der Waals surface area contributed by atoms with Gasteiger partial charge in [-0.2, -0.15) is 11.8 Å². The quantitative estimate of drug-likeness (QED) is 0.424. The fraction of sp³-hybridized carbons (Fsp3) is 0.292. The van der Waals surface area contributed by atoms with Crippen LogP contribution in [-0.4, -0.2) is 46.1 Å². The summed E-state index contributed by atoms with van der Waals surface area (Å²) in [4.78, 5) is 30.0. The number of amides is 1. The van der Waals surface area contributed by atoms with Crippen molar-refractivity contribution in [2.75, 3.05) is 12.9 Å². The van der Waals surface area contributed by atoms with Gasteiger partial charge in [0.2, 0.25) is 0 Å². The van der Waals surface area contributed by atoms with Crippen molar-refractivity contribution in [3.63, 3.8) is 0 Å². The Morgan fingerprint density at radius 3 is 2.53 bits per heavy atom. The molecule has 0 saturated heterocycles. The van der Waals surface area contributed by atoms with Gasteiger partial charge in [-0.1, -0.05) is 42.5 Å². The first-order valence-electron chi connectivity index (χ1n) is 10.2. The molecule has 0 aliphatic carbocycles. The number of aliphatic carboxylic acids is 1. The number of rotatable bonds is 11. The van der Waals surface area contributed by atoms with E-state index in [0.717, 1.165) is 21.6 Å². The third-order valence-electron chi connectivity index (χ3n) is 5.07. The van der Waals surface area contributed by atoms with Crippen molar-refractivity contribution >= 4 is 35.0 Å². The predicted molar refractivity (Wildman–Crippen MR) is 129 cm³/mol. The Kier molecular flexibility index (Phi) is 8.84. The highest BCUT2D eigenvalue weighted by Gasteiger charge is 2.26. The molecule has 2 N–H and O–H groups in total. The number of thiazole rings is 1. The Balaban J connectivity index is 1.69. The maximum Gasteiger partial charge on any atom is 0.326 e. The average molecular weight is 471 g/mol. The molecule has 1 aromatic heterocycles. The number of aryl methyl sites for hydroxylation is 1. The monoisotopic (exact) mass is 470 g/mol. The van der Waals surface area contributed by atoms with Crippen molar-refractivity contribution in [3.05, 3.63) is 76.2 Å². The summed E-state index contributed by atoms with van der Waals surface area (Å²) in [5.74, 6) is -1.46. The van der Waals surface area contributed by atoms with Gasteiger partial charge in [0.15, 0.2) is 0 Å². The molecule has 2 unspecified atom stereocenters. The van der Waals surface area contributed by atoms with Crippen LogP contribution in [0, 0.1) is 6.92 Å². The summed E-state index contributed by atoms with van der Waals surface area (Å²) in [6.07, 6.45) is 3.93. The standard InChI is InChI=1S/C24H26N2O4S2/c1-16-7-3-4-8-19(16)20-9-5-6-10-21(20)23(27)26-22(24(28)29)11-17(31-2)13-30-14-18-12-25-15-32-18/h3-10,12,15,17,22H,11,13-14H2,1-2H3,(H,26,27)(H,28,29). The molecule has 8 heteroatoms. The van der Waals surface area contributed by atoms with Crippen molar-refractivity contribution in [2.45, 2.75) is 31.2 Å². The van der Waals surface area contributed by atoms with E-state index in [1.807, 2.05) is 49.6 Å². The van der Waals surface area contributed by atoms with Gasteiger partial charge in [-0.05, 0) is 42.4 Å². The number of nitrogens with one attached hydrogen (secondary N) is 1. The number of carboxylic acids is 1. The molecule has 1 amide bonds. The summed E-state index contributed by atoms with van der Waals surface area (Å²) in [6, 6.07) is 14.1. The summed E-state index contributed by atoms with van der Waals surface area (Å²) in [5, 5.41) is 12.4. The van der Waals surface area contributed by atoms with Crippen LogP contribution in [0.2, 0.25) is 0 Å². The Morgan fingerprint density at radius 2 is 1.88 bits per heavy atom. The minimum absolute atomic E-state index is 0.0732. The largest absolute Gasteiger partial charge is 0.480 e. The molecule has 0 spiro atoms. The van der Waals surface area contributed by atoms with Gasteiger partial charge in [-0.25, -0.2) is 4.79 Å². The lowest BCUT2D eigenvalue weighted by atomic mass is 9.95. The van der Waals surface area contributed by atoms with Crippen LogP contribution in [0.15, 0.2) is 60.2 Å². The molecule has 3 aromatic rings. The second-order valence-corrected chi connectivity index (χ2v) is 9.41. The Hall–Kier alpha value is -2.68. The minimum Gasteiger partial charge on any atom is -0.480 e. The molecular weight excluding hydrogens is 444 g/mol. The predicted octanol–water partition coefficient (Wildman–Crippen LogP) is 4.64. The highest BCUT2D eigenvalue weighted by atomic mass is 32.2. The minimum atomic E-state index is -1.06. The van der Waals surface area contributed by atoms with E-state index in [-0.39, 0.29) is 11.7 Å². The summed E-state index contributed by atoms with van der Waals surface area (Å²) in [5.41, 5.74) is 4.97. The maximum absolute atomic E-state index is 13.1. The van der Waals surface area contributed by atoms with Crippen LogP contribution in [0.3, 0.4) is 0 Å². The summed E-state index contributed by atoms with van der Waals surface area (Å²) in [6.45, 7) is 2.81. The van der Waals surface area contributed by atoms with Gasteiger partial charge in [-0.15, -0.1) is 11.3 Å². The lowest BCUT2D eigenvalue weighted by Gasteiger charge is -2.21. The topological polar surface area (TPSA) is 88.5 Å². The number of thioether (sulfide) groups is 1. The molecule has 0 radical (unpaired) electrons. The first kappa shape index (κ1) is 24.0. The molecule has 0 bridgehead atoms. The number of benzene rings is 2. The summed E-state index contributed by atoms with van der Waals surface area (Å²) in [7, 11) is 0. The number of hydrogen-bond acceptors (Lipinski definition) is 6. The molecule has 3 rings (SSSR count). The van der Waals surface area contributed by atoms with E-state index >= 15 is 0 Å². The zero-order valence-corrected chi connectivity index (χ0v) is 19.6. The lowest BCUT2D eigenvalue weighted by Crippen LogP contribution is -2.43. The van der Waals surface area contributed by atoms with E-state index in [4.69, 9.17) is 4.74 Å². The highest BCUT2D eigenvalue weighted by molar-refractivity contribution is 7.99. The van der Waals surface area contributed by atoms with E-state index in [2.05, 4.69) is 10.3 Å². The highest BCUT2D eigenvalue weighted by Crippen LogP contribution is 2.27. The molecule has 168 valence electrons. The summed E-state index contributed by atoms with van der Waals surface area (Å²) >= 11 is 3.04. The molecule has 0 fully saturated rings. The van der Waals surface area contributed by atoms with Crippen molar-refractivity contribution < 1.29 is 19.4 Å². The third kappa shape index (κ3) is 6.41. The number of nitrogens with zero attached hydrogens (tertiary/aromatic N) is 1. The van der Waals surface area contributed by atoms with Crippen LogP contribution >= 0.6 is 23.1 Å². The molecular formula is C24H26N2O4S2. The Morgan fingerprint density at radius 1 is 1.16 bits per heavy atom. The van der Waals surface area contributed by atoms with E-state index in [1.54, 1.807) is 23.8 Å². The van der Waals surface area contributed by atoms with E-state index in [0.29, 0.717) is 18.8 Å². The zero-order valence-electron chi connectivity index (χ0n) is 18.0. The first-order valence-corrected chi connectivity index (χ1v) is 12.3. The second kappa shape index (κ2) is 11.8. The van der Waals surface area contributed by atoms with Crippen LogP contribution in [0.1, 0.15) is 27.2 Å². The second-order valence-electron chi connectivity index (χ2n) is 7.30. The van der Waals surface area contributed by atoms with Gasteiger partial charge in [0.25, 0.3) is 5.91 Å². The smallest absolute Gasteiger partial charge is 0.326 e. The fourth-order valence-corrected chi connectivity index (χ4v) is 4.50. The van der Waals surface area contributed by atoms with Gasteiger partial charge < -0.3 is 15.2 Å². The van der Waals surface area contributed by atoms with Crippen molar-refractivity contribution in [2.24, 2.45) is 0 Å². The maximum atomic E-state index is 13.1. The van der Waals surface area contributed by atoms with Crippen molar-refractivity contribution in [3.8, 4) is 11.1 Å². The van der Waals surface area contributed by atoms with E-state index in [9.17, 15) is 14.7 Å². The van der Waals surface area contributed by atoms with Gasteiger partial charge >= 0.3 is 5.97 Å². The number of aromatic nitrogens is 1. The van der Waals surface area contributed by atoms with E-state index in [1.165, 1.54) is 23.1 Å². The third-order valence-corrected chi connectivity index (χ3v) is 6.82. The molecule has 6 nitrogen and oxygen atoms in total. The van der Waals surface area contributed by atoms with Gasteiger partial charge in [0, 0.05) is 17.0 Å². The molecule has 2 aromatic carbocycles. The van der Waals surface area contributed by atoms with Crippen molar-refractivity contribution in [1.82, 2.24) is 10.3 Å². The normalized spacial score (nSPS) is 12.8. The lowest BCUT2D eigenvalue weighted by molar-refractivity contribution is -0.139. The van der Waals surface area contributed by atoms with Crippen LogP contribution < -0.4 is 5.32 Å². The first-order chi connectivity index (χ1) is 15.5. The molecule has 0 saturated carbocycles. The van der Waals surface area contributed by atoms with Crippen LogP contribution in [0.4, 0.5) is 0 Å².